The monoisotopic (exact) mass is 313 g/mol. The van der Waals surface area contributed by atoms with Crippen LogP contribution in [0.5, 0.6) is 0 Å². The summed E-state index contributed by atoms with van der Waals surface area (Å²) in [7, 11) is 0. The molecule has 0 saturated carbocycles. The van der Waals surface area contributed by atoms with Crippen molar-refractivity contribution in [1.29, 1.82) is 0 Å². The van der Waals surface area contributed by atoms with Crippen molar-refractivity contribution in [1.82, 2.24) is 10.1 Å². The lowest BCUT2D eigenvalue weighted by Crippen LogP contribution is -2.19. The van der Waals surface area contributed by atoms with Crippen molar-refractivity contribution in [2.45, 2.75) is 33.1 Å². The van der Waals surface area contributed by atoms with Crippen LogP contribution >= 0.6 is 0 Å². The van der Waals surface area contributed by atoms with Gasteiger partial charge < -0.3 is 14.6 Å². The lowest BCUT2D eigenvalue weighted by molar-refractivity contribution is -0.116. The lowest BCUT2D eigenvalue weighted by Gasteiger charge is -2.15. The van der Waals surface area contributed by atoms with Crippen LogP contribution in [0.1, 0.15) is 31.2 Å². The van der Waals surface area contributed by atoms with Crippen molar-refractivity contribution in [2.24, 2.45) is 0 Å². The van der Waals surface area contributed by atoms with Gasteiger partial charge in [0.2, 0.25) is 0 Å². The van der Waals surface area contributed by atoms with Crippen molar-refractivity contribution in [3.63, 3.8) is 0 Å². The second-order valence-electron chi connectivity index (χ2n) is 5.41. The maximum absolute atomic E-state index is 12.3. The van der Waals surface area contributed by atoms with Crippen LogP contribution in [0.25, 0.3) is 11.5 Å². The number of anilines is 1. The lowest BCUT2D eigenvalue weighted by atomic mass is 10.1. The Morgan fingerprint density at radius 1 is 1.39 bits per heavy atom. The van der Waals surface area contributed by atoms with E-state index in [1.165, 1.54) is 0 Å². The van der Waals surface area contributed by atoms with Gasteiger partial charge in [0, 0.05) is 17.7 Å². The van der Waals surface area contributed by atoms with E-state index in [-0.39, 0.29) is 5.91 Å². The minimum absolute atomic E-state index is 0.232. The number of aromatic nitrogens is 2. The van der Waals surface area contributed by atoms with Gasteiger partial charge in [-0.05, 0) is 43.5 Å². The zero-order valence-electron chi connectivity index (χ0n) is 13.3. The van der Waals surface area contributed by atoms with E-state index in [1.807, 2.05) is 38.1 Å². The molecule has 1 aliphatic heterocycles. The number of carbonyl (C=O) groups excluding carboxylic acids is 1. The zero-order chi connectivity index (χ0) is 16.2. The van der Waals surface area contributed by atoms with Crippen molar-refractivity contribution in [3.8, 4) is 11.5 Å². The van der Waals surface area contributed by atoms with Gasteiger partial charge in [-0.2, -0.15) is 4.98 Å². The molecule has 2 heterocycles. The molecule has 0 spiro atoms. The zero-order valence-corrected chi connectivity index (χ0v) is 13.3. The van der Waals surface area contributed by atoms with Crippen molar-refractivity contribution in [2.75, 3.05) is 11.9 Å². The van der Waals surface area contributed by atoms with Crippen molar-refractivity contribution in [3.05, 3.63) is 41.4 Å². The van der Waals surface area contributed by atoms with Crippen LogP contribution in [0, 0.1) is 6.92 Å². The molecular formula is C17H19N3O3. The topological polar surface area (TPSA) is 77.2 Å². The second kappa shape index (κ2) is 6.64. The highest BCUT2D eigenvalue weighted by Crippen LogP contribution is 2.25. The number of hydrogen-bond acceptors (Lipinski definition) is 5. The summed E-state index contributed by atoms with van der Waals surface area (Å²) in [6.07, 6.45) is 4.35. The molecule has 0 radical (unpaired) electrons. The molecule has 1 amide bonds. The Hall–Kier alpha value is -2.63. The molecule has 1 aromatic carbocycles. The number of allylic oxidation sites excluding steroid dienone is 1. The smallest absolute Gasteiger partial charge is 0.290 e. The van der Waals surface area contributed by atoms with E-state index in [4.69, 9.17) is 9.26 Å². The highest BCUT2D eigenvalue weighted by molar-refractivity contribution is 6.03. The Balaban J connectivity index is 1.83. The van der Waals surface area contributed by atoms with Gasteiger partial charge >= 0.3 is 0 Å². The first kappa shape index (κ1) is 15.3. The summed E-state index contributed by atoms with van der Waals surface area (Å²) in [5.41, 5.74) is 2.43. The van der Waals surface area contributed by atoms with Gasteiger partial charge in [-0.15, -0.1) is 0 Å². The largest absolute Gasteiger partial charge is 0.488 e. The standard InChI is InChI=1S/C17H19N3O3/c1-3-15-19-17(23-20-15)12-8-7-11(2)13(10-12)18-16(21)14-6-4-5-9-22-14/h6-8,10H,3-5,9H2,1-2H3,(H,18,21). The van der Waals surface area contributed by atoms with Crippen LogP contribution < -0.4 is 5.32 Å². The predicted octanol–water partition coefficient (Wildman–Crippen LogP) is 3.24. The Kier molecular flexibility index (Phi) is 4.41. The molecule has 23 heavy (non-hydrogen) atoms. The van der Waals surface area contributed by atoms with Crippen LogP contribution in [0.3, 0.4) is 0 Å². The summed E-state index contributed by atoms with van der Waals surface area (Å²) in [6.45, 7) is 4.48. The number of ether oxygens (including phenoxy) is 1. The second-order valence-corrected chi connectivity index (χ2v) is 5.41. The van der Waals surface area contributed by atoms with Crippen LogP contribution in [0.4, 0.5) is 5.69 Å². The molecule has 0 bridgehead atoms. The summed E-state index contributed by atoms with van der Waals surface area (Å²) in [6, 6.07) is 5.65. The molecule has 0 atom stereocenters. The van der Waals surface area contributed by atoms with E-state index in [1.54, 1.807) is 0 Å². The quantitative estimate of drug-likeness (QED) is 0.937. The van der Waals surface area contributed by atoms with E-state index in [0.29, 0.717) is 36.2 Å². The average molecular weight is 313 g/mol. The fourth-order valence-electron chi connectivity index (χ4n) is 2.30. The van der Waals surface area contributed by atoms with Gasteiger partial charge in [-0.25, -0.2) is 0 Å². The van der Waals surface area contributed by atoms with E-state index < -0.39 is 0 Å². The SMILES string of the molecule is CCc1noc(-c2ccc(C)c(NC(=O)C3=CCCCO3)c2)n1. The van der Waals surface area contributed by atoms with E-state index in [0.717, 1.165) is 24.0 Å². The van der Waals surface area contributed by atoms with Gasteiger partial charge in [0.05, 0.1) is 6.61 Å². The number of benzene rings is 1. The highest BCUT2D eigenvalue weighted by atomic mass is 16.5. The maximum Gasteiger partial charge on any atom is 0.290 e. The predicted molar refractivity (Wildman–Crippen MR) is 85.7 cm³/mol. The van der Waals surface area contributed by atoms with Gasteiger partial charge in [-0.3, -0.25) is 4.79 Å². The van der Waals surface area contributed by atoms with Crippen LogP contribution in [0.15, 0.2) is 34.6 Å². The third-order valence-electron chi connectivity index (χ3n) is 3.68. The molecule has 0 aliphatic carbocycles. The fourth-order valence-corrected chi connectivity index (χ4v) is 2.30. The molecule has 0 saturated heterocycles. The first-order valence-electron chi connectivity index (χ1n) is 7.75. The Labute approximate surface area is 134 Å². The number of aryl methyl sites for hydroxylation is 2. The molecule has 3 rings (SSSR count). The molecule has 0 unspecified atom stereocenters. The summed E-state index contributed by atoms with van der Waals surface area (Å²) in [4.78, 5) is 16.6. The van der Waals surface area contributed by atoms with Crippen LogP contribution in [-0.4, -0.2) is 22.7 Å². The van der Waals surface area contributed by atoms with Crippen molar-refractivity contribution < 1.29 is 14.1 Å². The van der Waals surface area contributed by atoms with Crippen LogP contribution in [0.2, 0.25) is 0 Å². The number of nitrogens with one attached hydrogen (secondary N) is 1. The Morgan fingerprint density at radius 3 is 2.96 bits per heavy atom. The third-order valence-corrected chi connectivity index (χ3v) is 3.68. The highest BCUT2D eigenvalue weighted by Gasteiger charge is 2.16. The summed E-state index contributed by atoms with van der Waals surface area (Å²) in [5, 5.41) is 6.78. The van der Waals surface area contributed by atoms with E-state index in [9.17, 15) is 4.79 Å². The summed E-state index contributed by atoms with van der Waals surface area (Å²) >= 11 is 0. The fraction of sp³-hybridized carbons (Fsp3) is 0.353. The molecule has 2 aromatic rings. The number of amides is 1. The summed E-state index contributed by atoms with van der Waals surface area (Å²) in [5.74, 6) is 1.26. The Morgan fingerprint density at radius 2 is 2.26 bits per heavy atom. The molecule has 0 fully saturated rings. The maximum atomic E-state index is 12.3. The minimum atomic E-state index is -0.232. The molecule has 1 N–H and O–H groups in total. The first-order valence-corrected chi connectivity index (χ1v) is 7.75. The summed E-state index contributed by atoms with van der Waals surface area (Å²) < 4.78 is 10.6. The minimum Gasteiger partial charge on any atom is -0.488 e. The molecular weight excluding hydrogens is 294 g/mol. The molecule has 1 aliphatic rings. The first-order chi connectivity index (χ1) is 11.2. The molecule has 6 heteroatoms. The van der Waals surface area contributed by atoms with Gasteiger partial charge in [0.15, 0.2) is 11.6 Å². The molecule has 120 valence electrons. The number of nitrogens with zero attached hydrogens (tertiary/aromatic N) is 2. The van der Waals surface area contributed by atoms with Gasteiger partial charge in [0.25, 0.3) is 11.8 Å². The number of carbonyl (C=O) groups is 1. The normalized spacial score (nSPS) is 14.1. The van der Waals surface area contributed by atoms with Gasteiger partial charge in [0.1, 0.15) is 0 Å². The Bertz CT molecular complexity index is 749. The van der Waals surface area contributed by atoms with Gasteiger partial charge in [-0.1, -0.05) is 18.1 Å². The number of hydrogen-bond donors (Lipinski definition) is 1. The average Bonchev–Trinajstić information content (AvgIpc) is 3.07. The van der Waals surface area contributed by atoms with Crippen molar-refractivity contribution >= 4 is 11.6 Å². The number of rotatable bonds is 4. The van der Waals surface area contributed by atoms with E-state index >= 15 is 0 Å². The molecule has 6 nitrogen and oxygen atoms in total. The van der Waals surface area contributed by atoms with E-state index in [2.05, 4.69) is 15.5 Å². The molecule has 1 aromatic heterocycles. The third kappa shape index (κ3) is 3.41. The van der Waals surface area contributed by atoms with Crippen LogP contribution in [-0.2, 0) is 16.0 Å².